The number of carbonyl (C=O) groups excluding carboxylic acids is 1. The molecule has 2 aliphatic heterocycles. The molecule has 0 radical (unpaired) electrons. The Hall–Kier alpha value is -1.40. The molecule has 2 fully saturated rings. The summed E-state index contributed by atoms with van der Waals surface area (Å²) in [7, 11) is -3.49. The number of sulfonamides is 1. The lowest BCUT2D eigenvalue weighted by molar-refractivity contribution is 0.0761. The van der Waals surface area contributed by atoms with Crippen LogP contribution >= 0.6 is 0 Å². The van der Waals surface area contributed by atoms with Gasteiger partial charge in [-0.05, 0) is 55.4 Å². The molecule has 0 spiro atoms. The summed E-state index contributed by atoms with van der Waals surface area (Å²) in [5.74, 6) is 0.755. The average Bonchev–Trinajstić information content (AvgIpc) is 2.90. The van der Waals surface area contributed by atoms with Crippen molar-refractivity contribution in [1.82, 2.24) is 9.21 Å². The zero-order valence-corrected chi connectivity index (χ0v) is 16.7. The minimum Gasteiger partial charge on any atom is -0.339 e. The number of amides is 1. The molecule has 1 amide bonds. The van der Waals surface area contributed by atoms with Crippen LogP contribution in [0.3, 0.4) is 0 Å². The van der Waals surface area contributed by atoms with E-state index in [1.54, 1.807) is 28.6 Å². The van der Waals surface area contributed by atoms with Crippen molar-refractivity contribution in [3.63, 3.8) is 0 Å². The van der Waals surface area contributed by atoms with Gasteiger partial charge in [0.1, 0.15) is 0 Å². The molecule has 1 aromatic rings. The van der Waals surface area contributed by atoms with E-state index in [1.807, 2.05) is 4.90 Å². The maximum Gasteiger partial charge on any atom is 0.253 e. The molecule has 1 aromatic carbocycles. The van der Waals surface area contributed by atoms with Gasteiger partial charge in [-0.25, -0.2) is 8.42 Å². The predicted molar refractivity (Wildman–Crippen MR) is 103 cm³/mol. The zero-order chi connectivity index (χ0) is 18.7. The Bertz CT molecular complexity index is 712. The first-order chi connectivity index (χ1) is 12.4. The summed E-state index contributed by atoms with van der Waals surface area (Å²) in [6, 6.07) is 6.50. The topological polar surface area (TPSA) is 57.7 Å². The van der Waals surface area contributed by atoms with E-state index in [9.17, 15) is 13.2 Å². The highest BCUT2D eigenvalue weighted by molar-refractivity contribution is 7.89. The number of rotatable bonds is 3. The van der Waals surface area contributed by atoms with Gasteiger partial charge >= 0.3 is 0 Å². The second-order valence-electron chi connectivity index (χ2n) is 8.00. The fourth-order valence-corrected chi connectivity index (χ4v) is 5.86. The predicted octanol–water partition coefficient (Wildman–Crippen LogP) is 3.37. The van der Waals surface area contributed by atoms with E-state index in [0.29, 0.717) is 30.5 Å². The number of likely N-dealkylation sites (tertiary alicyclic amines) is 1. The third-order valence-corrected chi connectivity index (χ3v) is 7.31. The molecule has 0 aromatic heterocycles. The lowest BCUT2D eigenvalue weighted by Crippen LogP contribution is -2.42. The largest absolute Gasteiger partial charge is 0.339 e. The molecule has 0 N–H and O–H groups in total. The summed E-state index contributed by atoms with van der Waals surface area (Å²) in [5, 5.41) is 0. The quantitative estimate of drug-likeness (QED) is 0.810. The van der Waals surface area contributed by atoms with E-state index in [0.717, 1.165) is 32.4 Å². The molecule has 3 rings (SSSR count). The molecular weight excluding hydrogens is 348 g/mol. The fourth-order valence-electron chi connectivity index (χ4n) is 4.18. The number of hydrogen-bond acceptors (Lipinski definition) is 3. The average molecular weight is 379 g/mol. The Morgan fingerprint density at radius 2 is 1.46 bits per heavy atom. The van der Waals surface area contributed by atoms with Crippen molar-refractivity contribution in [2.75, 3.05) is 26.2 Å². The van der Waals surface area contributed by atoms with Crippen molar-refractivity contribution in [1.29, 1.82) is 0 Å². The molecule has 5 nitrogen and oxygen atoms in total. The molecule has 2 atom stereocenters. The van der Waals surface area contributed by atoms with Gasteiger partial charge in [-0.15, -0.1) is 0 Å². The van der Waals surface area contributed by atoms with E-state index in [1.165, 1.54) is 12.8 Å². The second-order valence-corrected chi connectivity index (χ2v) is 9.94. The van der Waals surface area contributed by atoms with Crippen LogP contribution in [-0.4, -0.2) is 49.7 Å². The lowest BCUT2D eigenvalue weighted by atomic mass is 9.94. The number of hydrogen-bond donors (Lipinski definition) is 0. The number of benzene rings is 1. The second kappa shape index (κ2) is 8.09. The first-order valence-electron chi connectivity index (χ1n) is 9.77. The Labute approximate surface area is 157 Å². The summed E-state index contributed by atoms with van der Waals surface area (Å²) in [6.07, 6.45) is 5.50. The monoisotopic (exact) mass is 378 g/mol. The van der Waals surface area contributed by atoms with E-state index < -0.39 is 10.0 Å². The van der Waals surface area contributed by atoms with Crippen molar-refractivity contribution in [3.05, 3.63) is 29.8 Å². The summed E-state index contributed by atoms with van der Waals surface area (Å²) < 4.78 is 27.5. The maximum absolute atomic E-state index is 12.9. The lowest BCUT2D eigenvalue weighted by Gasteiger charge is -2.34. The van der Waals surface area contributed by atoms with Crippen molar-refractivity contribution in [2.45, 2.75) is 50.8 Å². The van der Waals surface area contributed by atoms with Gasteiger partial charge in [0.2, 0.25) is 10.0 Å². The van der Waals surface area contributed by atoms with Gasteiger partial charge in [0.15, 0.2) is 0 Å². The smallest absolute Gasteiger partial charge is 0.253 e. The van der Waals surface area contributed by atoms with Crippen LogP contribution in [0.15, 0.2) is 29.2 Å². The summed E-state index contributed by atoms with van der Waals surface area (Å²) in [6.45, 7) is 6.93. The molecule has 144 valence electrons. The number of carbonyl (C=O) groups is 1. The fraction of sp³-hybridized carbons (Fsp3) is 0.650. The first kappa shape index (κ1) is 19.4. The van der Waals surface area contributed by atoms with Crippen molar-refractivity contribution < 1.29 is 13.2 Å². The molecule has 2 heterocycles. The normalized spacial score (nSPS) is 25.7. The molecule has 0 bridgehead atoms. The summed E-state index contributed by atoms with van der Waals surface area (Å²) in [5.41, 5.74) is 0.575. The van der Waals surface area contributed by atoms with Gasteiger partial charge in [-0.2, -0.15) is 4.31 Å². The number of piperidine rings is 1. The minimum absolute atomic E-state index is 0.0102. The highest BCUT2D eigenvalue weighted by Gasteiger charge is 2.31. The van der Waals surface area contributed by atoms with Gasteiger partial charge in [-0.1, -0.05) is 26.7 Å². The Balaban J connectivity index is 1.75. The van der Waals surface area contributed by atoms with Crippen molar-refractivity contribution >= 4 is 15.9 Å². The van der Waals surface area contributed by atoms with Gasteiger partial charge in [-0.3, -0.25) is 4.79 Å². The van der Waals surface area contributed by atoms with Crippen LogP contribution in [0.25, 0.3) is 0 Å². The van der Waals surface area contributed by atoms with Crippen LogP contribution < -0.4 is 0 Å². The van der Waals surface area contributed by atoms with Crippen LogP contribution in [0.5, 0.6) is 0 Å². The molecule has 26 heavy (non-hydrogen) atoms. The van der Waals surface area contributed by atoms with Crippen LogP contribution in [0.4, 0.5) is 0 Å². The van der Waals surface area contributed by atoms with Crippen LogP contribution in [0, 0.1) is 11.8 Å². The van der Waals surface area contributed by atoms with E-state index in [2.05, 4.69) is 13.8 Å². The van der Waals surface area contributed by atoms with Crippen LogP contribution in [-0.2, 0) is 10.0 Å². The standard InChI is InChI=1S/C20H30N2O3S/c1-16-13-17(2)15-22(14-16)26(24,25)19-9-7-18(8-10-19)20(23)21-11-5-3-4-6-12-21/h7-10,16-17H,3-6,11-15H2,1-2H3/t16-,17-/m1/s1. The molecule has 2 aliphatic rings. The number of nitrogens with zero attached hydrogens (tertiary/aromatic N) is 2. The van der Waals surface area contributed by atoms with Gasteiger partial charge in [0, 0.05) is 31.7 Å². The third kappa shape index (κ3) is 4.29. The summed E-state index contributed by atoms with van der Waals surface area (Å²) >= 11 is 0. The summed E-state index contributed by atoms with van der Waals surface area (Å²) in [4.78, 5) is 14.8. The highest BCUT2D eigenvalue weighted by atomic mass is 32.2. The van der Waals surface area contributed by atoms with E-state index >= 15 is 0 Å². The Morgan fingerprint density at radius 1 is 0.923 bits per heavy atom. The molecule has 0 saturated carbocycles. The molecule has 0 unspecified atom stereocenters. The van der Waals surface area contributed by atoms with E-state index in [-0.39, 0.29) is 10.8 Å². The minimum atomic E-state index is -3.49. The van der Waals surface area contributed by atoms with Gasteiger partial charge < -0.3 is 4.90 Å². The first-order valence-corrected chi connectivity index (χ1v) is 11.2. The maximum atomic E-state index is 12.9. The third-order valence-electron chi connectivity index (χ3n) is 5.47. The highest BCUT2D eigenvalue weighted by Crippen LogP contribution is 2.27. The van der Waals surface area contributed by atoms with Crippen molar-refractivity contribution in [2.24, 2.45) is 11.8 Å². The molecule has 6 heteroatoms. The molecule has 0 aliphatic carbocycles. The van der Waals surface area contributed by atoms with Crippen LogP contribution in [0.1, 0.15) is 56.3 Å². The Kier molecular flexibility index (Phi) is 6.03. The van der Waals surface area contributed by atoms with Gasteiger partial charge in [0.05, 0.1) is 4.90 Å². The Morgan fingerprint density at radius 3 is 2.00 bits per heavy atom. The van der Waals surface area contributed by atoms with E-state index in [4.69, 9.17) is 0 Å². The SMILES string of the molecule is C[C@@H]1C[C@@H](C)CN(S(=O)(=O)c2ccc(C(=O)N3CCCCCC3)cc2)C1. The molecule has 2 saturated heterocycles. The van der Waals surface area contributed by atoms with Gasteiger partial charge in [0.25, 0.3) is 5.91 Å². The van der Waals surface area contributed by atoms with Crippen molar-refractivity contribution in [3.8, 4) is 0 Å². The molecular formula is C20H30N2O3S. The van der Waals surface area contributed by atoms with Crippen LogP contribution in [0.2, 0.25) is 0 Å². The zero-order valence-electron chi connectivity index (χ0n) is 15.9.